The van der Waals surface area contributed by atoms with E-state index in [2.05, 4.69) is 0 Å². The second-order valence-corrected chi connectivity index (χ2v) is 6.26. The third-order valence-electron chi connectivity index (χ3n) is 4.55. The van der Waals surface area contributed by atoms with E-state index >= 15 is 0 Å². The summed E-state index contributed by atoms with van der Waals surface area (Å²) < 4.78 is 11.4. The molecule has 1 N–H and O–H groups in total. The number of phenolic OH excluding ortho intramolecular Hbond substituents is 1. The summed E-state index contributed by atoms with van der Waals surface area (Å²) in [6.07, 6.45) is 1.28. The van der Waals surface area contributed by atoms with Crippen LogP contribution in [0.5, 0.6) is 17.2 Å². The van der Waals surface area contributed by atoms with Gasteiger partial charge < -0.3 is 14.6 Å². The van der Waals surface area contributed by atoms with E-state index < -0.39 is 6.10 Å². The summed E-state index contributed by atoms with van der Waals surface area (Å²) in [5.74, 6) is 0.913. The Labute approximate surface area is 157 Å². The Morgan fingerprint density at radius 2 is 1.74 bits per heavy atom. The number of hydrogen-bond acceptors (Lipinski definition) is 4. The third kappa shape index (κ3) is 3.17. The molecule has 1 aliphatic heterocycles. The van der Waals surface area contributed by atoms with Crippen molar-refractivity contribution >= 4 is 11.9 Å². The summed E-state index contributed by atoms with van der Waals surface area (Å²) in [7, 11) is 1.49. The monoisotopic (exact) mass is 358 g/mol. The molecule has 134 valence electrons. The van der Waals surface area contributed by atoms with E-state index in [1.54, 1.807) is 30.3 Å². The summed E-state index contributed by atoms with van der Waals surface area (Å²) >= 11 is 0. The molecule has 27 heavy (non-hydrogen) atoms. The van der Waals surface area contributed by atoms with Crippen LogP contribution in [0.15, 0.2) is 78.4 Å². The van der Waals surface area contributed by atoms with Crippen molar-refractivity contribution in [1.29, 1.82) is 0 Å². The second-order valence-electron chi connectivity index (χ2n) is 6.26. The van der Waals surface area contributed by atoms with Crippen molar-refractivity contribution in [2.45, 2.75) is 6.10 Å². The van der Waals surface area contributed by atoms with Gasteiger partial charge in [0.25, 0.3) is 0 Å². The van der Waals surface area contributed by atoms with Crippen molar-refractivity contribution in [2.24, 2.45) is 0 Å². The summed E-state index contributed by atoms with van der Waals surface area (Å²) in [4.78, 5) is 13.2. The van der Waals surface area contributed by atoms with Gasteiger partial charge in [-0.2, -0.15) is 0 Å². The zero-order valence-corrected chi connectivity index (χ0v) is 14.8. The van der Waals surface area contributed by atoms with Gasteiger partial charge in [-0.15, -0.1) is 0 Å². The summed E-state index contributed by atoms with van der Waals surface area (Å²) in [6, 6.07) is 21.9. The van der Waals surface area contributed by atoms with Crippen LogP contribution in [-0.4, -0.2) is 18.0 Å². The van der Waals surface area contributed by atoms with Crippen molar-refractivity contribution in [3.8, 4) is 17.2 Å². The van der Waals surface area contributed by atoms with Gasteiger partial charge in [0.05, 0.1) is 12.7 Å². The fourth-order valence-corrected chi connectivity index (χ4v) is 3.20. The van der Waals surface area contributed by atoms with Gasteiger partial charge in [0.2, 0.25) is 0 Å². The highest BCUT2D eigenvalue weighted by Gasteiger charge is 2.32. The maximum absolute atomic E-state index is 13.2. The van der Waals surface area contributed by atoms with Gasteiger partial charge >= 0.3 is 0 Å². The number of Topliss-reactive ketones (excluding diaryl/α,β-unsaturated/α-hetero) is 1. The van der Waals surface area contributed by atoms with Crippen LogP contribution in [0, 0.1) is 0 Å². The van der Waals surface area contributed by atoms with Gasteiger partial charge in [-0.3, -0.25) is 4.79 Å². The van der Waals surface area contributed by atoms with E-state index in [1.165, 1.54) is 7.11 Å². The SMILES string of the molecule is COc1cc(/C=C2/C(=O)c3ccccc3OC2c2ccccc2)ccc1O. The lowest BCUT2D eigenvalue weighted by Crippen LogP contribution is -2.23. The van der Waals surface area contributed by atoms with Gasteiger partial charge in [0.1, 0.15) is 5.75 Å². The Morgan fingerprint density at radius 1 is 1.00 bits per heavy atom. The lowest BCUT2D eigenvalue weighted by atomic mass is 9.89. The number of para-hydroxylation sites is 1. The molecule has 0 aliphatic carbocycles. The fourth-order valence-electron chi connectivity index (χ4n) is 3.20. The number of rotatable bonds is 3. The van der Waals surface area contributed by atoms with Crippen LogP contribution in [0.2, 0.25) is 0 Å². The van der Waals surface area contributed by atoms with Gasteiger partial charge in [-0.1, -0.05) is 48.5 Å². The topological polar surface area (TPSA) is 55.8 Å². The number of methoxy groups -OCH3 is 1. The third-order valence-corrected chi connectivity index (χ3v) is 4.55. The standard InChI is InChI=1S/C23H18O4/c1-26-21-14-15(11-12-19(21)24)13-18-22(25)17-9-5-6-10-20(17)27-23(18)16-7-3-2-4-8-16/h2-14,23-24H,1H3/b18-13-. The molecule has 0 fully saturated rings. The van der Waals surface area contributed by atoms with Crippen LogP contribution in [-0.2, 0) is 0 Å². The minimum atomic E-state index is -0.506. The lowest BCUT2D eigenvalue weighted by Gasteiger charge is -2.28. The number of phenols is 1. The summed E-state index contributed by atoms with van der Waals surface area (Å²) in [6.45, 7) is 0. The van der Waals surface area contributed by atoms with Crippen LogP contribution in [0.3, 0.4) is 0 Å². The Kier molecular flexibility index (Phi) is 4.38. The van der Waals surface area contributed by atoms with Gasteiger partial charge in [0.15, 0.2) is 23.4 Å². The Morgan fingerprint density at radius 3 is 2.52 bits per heavy atom. The first kappa shape index (κ1) is 16.9. The largest absolute Gasteiger partial charge is 0.504 e. The molecule has 0 saturated carbocycles. The maximum atomic E-state index is 13.2. The molecular formula is C23H18O4. The Balaban J connectivity index is 1.85. The molecule has 1 heterocycles. The lowest BCUT2D eigenvalue weighted by molar-refractivity contribution is 0.0963. The first-order valence-corrected chi connectivity index (χ1v) is 8.61. The molecule has 0 amide bonds. The van der Waals surface area contributed by atoms with Crippen LogP contribution in [0.25, 0.3) is 6.08 Å². The number of carbonyl (C=O) groups excluding carboxylic acids is 1. The normalized spacial score (nSPS) is 17.3. The molecule has 0 bridgehead atoms. The average Bonchev–Trinajstić information content (AvgIpc) is 2.72. The molecule has 3 aromatic carbocycles. The number of fused-ring (bicyclic) bond motifs is 1. The Bertz CT molecular complexity index is 1020. The molecule has 0 radical (unpaired) electrons. The molecule has 0 saturated heterocycles. The molecular weight excluding hydrogens is 340 g/mol. The molecule has 4 rings (SSSR count). The van der Waals surface area contributed by atoms with Crippen molar-refractivity contribution in [3.63, 3.8) is 0 Å². The molecule has 1 atom stereocenters. The second kappa shape index (κ2) is 7.00. The minimum absolute atomic E-state index is 0.0517. The van der Waals surface area contributed by atoms with E-state index in [0.717, 1.165) is 11.1 Å². The molecule has 3 aromatic rings. The first-order valence-electron chi connectivity index (χ1n) is 8.61. The van der Waals surface area contributed by atoms with Crippen molar-refractivity contribution in [1.82, 2.24) is 0 Å². The Hall–Kier alpha value is -3.53. The van der Waals surface area contributed by atoms with E-state index in [9.17, 15) is 9.90 Å². The van der Waals surface area contributed by atoms with Gasteiger partial charge in [-0.05, 0) is 41.5 Å². The first-order chi connectivity index (χ1) is 13.2. The number of ether oxygens (including phenoxy) is 2. The zero-order chi connectivity index (χ0) is 18.8. The van der Waals surface area contributed by atoms with Gasteiger partial charge in [-0.25, -0.2) is 0 Å². The predicted octanol–water partition coefficient (Wildman–Crippen LogP) is 4.80. The van der Waals surface area contributed by atoms with E-state index in [4.69, 9.17) is 9.47 Å². The fraction of sp³-hybridized carbons (Fsp3) is 0.0870. The average molecular weight is 358 g/mol. The number of hydrogen-bond donors (Lipinski definition) is 1. The van der Waals surface area contributed by atoms with Gasteiger partial charge in [0, 0.05) is 5.57 Å². The highest BCUT2D eigenvalue weighted by Crippen LogP contribution is 2.39. The molecule has 4 nitrogen and oxygen atoms in total. The summed E-state index contributed by atoms with van der Waals surface area (Å²) in [5.41, 5.74) is 2.73. The number of carbonyl (C=O) groups is 1. The quantitative estimate of drug-likeness (QED) is 0.683. The van der Waals surface area contributed by atoms with Crippen molar-refractivity contribution in [2.75, 3.05) is 7.11 Å². The van der Waals surface area contributed by atoms with E-state index in [-0.39, 0.29) is 11.5 Å². The smallest absolute Gasteiger partial charge is 0.196 e. The number of benzene rings is 3. The van der Waals surface area contributed by atoms with Crippen molar-refractivity contribution in [3.05, 3.63) is 95.1 Å². The molecule has 0 spiro atoms. The number of ketones is 1. The molecule has 1 unspecified atom stereocenters. The highest BCUT2D eigenvalue weighted by molar-refractivity contribution is 6.14. The van der Waals surface area contributed by atoms with Crippen LogP contribution in [0.4, 0.5) is 0 Å². The molecule has 1 aliphatic rings. The van der Waals surface area contributed by atoms with Crippen LogP contribution in [0.1, 0.15) is 27.6 Å². The maximum Gasteiger partial charge on any atom is 0.196 e. The summed E-state index contributed by atoms with van der Waals surface area (Å²) in [5, 5.41) is 9.82. The van der Waals surface area contributed by atoms with Crippen molar-refractivity contribution < 1.29 is 19.4 Å². The van der Waals surface area contributed by atoms with Crippen LogP contribution >= 0.6 is 0 Å². The van der Waals surface area contributed by atoms with Crippen LogP contribution < -0.4 is 9.47 Å². The van der Waals surface area contributed by atoms with E-state index in [1.807, 2.05) is 48.5 Å². The molecule has 4 heteroatoms. The predicted molar refractivity (Wildman–Crippen MR) is 103 cm³/mol. The highest BCUT2D eigenvalue weighted by atomic mass is 16.5. The zero-order valence-electron chi connectivity index (χ0n) is 14.8. The molecule has 0 aromatic heterocycles. The number of aromatic hydroxyl groups is 1. The van der Waals surface area contributed by atoms with E-state index in [0.29, 0.717) is 22.6 Å². The minimum Gasteiger partial charge on any atom is -0.504 e.